The second-order valence-electron chi connectivity index (χ2n) is 14.3. The topological polar surface area (TPSA) is 108 Å². The van der Waals surface area contributed by atoms with Crippen molar-refractivity contribution in [1.82, 2.24) is 0 Å². The van der Waals surface area contributed by atoms with Gasteiger partial charge in [-0.1, -0.05) is 113 Å². The molecule has 0 aromatic carbocycles. The molecule has 0 amide bonds. The zero-order chi connectivity index (χ0) is 38.6. The molecule has 0 aromatic heterocycles. The molecule has 0 aliphatic rings. The Hall–Kier alpha value is -2.29. The highest BCUT2D eigenvalue weighted by Gasteiger charge is 2.27. The van der Waals surface area contributed by atoms with Crippen molar-refractivity contribution < 1.29 is 42.1 Å². The molecule has 2 atom stereocenters. The molecule has 0 heterocycles. The molecule has 1 unspecified atom stereocenters. The van der Waals surface area contributed by atoms with Crippen LogP contribution in [0.15, 0.2) is 60.8 Å². The number of phosphoric acid groups is 1. The van der Waals surface area contributed by atoms with Crippen LogP contribution in [0.3, 0.4) is 0 Å². The third-order valence-corrected chi connectivity index (χ3v) is 9.02. The first-order valence-corrected chi connectivity index (χ1v) is 21.5. The zero-order valence-corrected chi connectivity index (χ0v) is 34.4. The molecule has 0 saturated heterocycles. The van der Waals surface area contributed by atoms with Gasteiger partial charge in [0.25, 0.3) is 0 Å². The van der Waals surface area contributed by atoms with E-state index in [1.807, 2.05) is 21.1 Å². The zero-order valence-electron chi connectivity index (χ0n) is 33.5. The van der Waals surface area contributed by atoms with Crippen molar-refractivity contribution in [2.24, 2.45) is 0 Å². The van der Waals surface area contributed by atoms with E-state index in [4.69, 9.17) is 18.5 Å². The maximum atomic E-state index is 12.6. The number of nitrogens with zero attached hydrogens (tertiary/aromatic N) is 1. The number of ether oxygens (including phenoxy) is 2. The van der Waals surface area contributed by atoms with Crippen LogP contribution in [-0.2, 0) is 32.7 Å². The van der Waals surface area contributed by atoms with Crippen LogP contribution in [-0.4, -0.2) is 74.9 Å². The fraction of sp³-hybridized carbons (Fsp3) is 0.714. The Balaban J connectivity index is 4.53. The van der Waals surface area contributed by atoms with Crippen LogP contribution in [0.25, 0.3) is 0 Å². The summed E-state index contributed by atoms with van der Waals surface area (Å²) < 4.78 is 34.1. The molecule has 0 aromatic rings. The predicted molar refractivity (Wildman–Crippen MR) is 215 cm³/mol. The van der Waals surface area contributed by atoms with Crippen LogP contribution >= 0.6 is 7.82 Å². The highest BCUT2D eigenvalue weighted by Crippen LogP contribution is 2.43. The lowest BCUT2D eigenvalue weighted by Crippen LogP contribution is -2.37. The van der Waals surface area contributed by atoms with Crippen molar-refractivity contribution in [3.63, 3.8) is 0 Å². The van der Waals surface area contributed by atoms with Gasteiger partial charge in [-0.3, -0.25) is 18.6 Å². The monoisotopic (exact) mass is 753 g/mol. The number of likely N-dealkylation sites (N-methyl/N-ethyl adjacent to an activating group) is 1. The first kappa shape index (κ1) is 49.7. The number of quaternary nitrogens is 1. The molecule has 0 saturated carbocycles. The van der Waals surface area contributed by atoms with Crippen molar-refractivity contribution in [1.29, 1.82) is 0 Å². The van der Waals surface area contributed by atoms with Crippen molar-refractivity contribution in [2.75, 3.05) is 47.5 Å². The molecule has 9 nitrogen and oxygen atoms in total. The Kier molecular flexibility index (Phi) is 33.0. The van der Waals surface area contributed by atoms with E-state index in [2.05, 4.69) is 74.6 Å². The summed E-state index contributed by atoms with van der Waals surface area (Å²) in [5.74, 6) is -0.873. The SMILES string of the molecule is CC/C=C/C/C=C/C/C=C/C/C=C/CCCCC(=O)OC[C@H](COP(=O)(O)OCC[N+](C)(C)C)OC(=O)CCCCC/C=C/CCCCCCCC. The molecular weight excluding hydrogens is 677 g/mol. The molecule has 0 bridgehead atoms. The summed E-state index contributed by atoms with van der Waals surface area (Å²) >= 11 is 0. The largest absolute Gasteiger partial charge is 0.472 e. The van der Waals surface area contributed by atoms with Crippen molar-refractivity contribution in [2.45, 2.75) is 148 Å². The van der Waals surface area contributed by atoms with Crippen LogP contribution in [0.4, 0.5) is 0 Å². The second kappa shape index (κ2) is 34.5. The summed E-state index contributed by atoms with van der Waals surface area (Å²) in [4.78, 5) is 35.2. The van der Waals surface area contributed by atoms with E-state index in [1.54, 1.807) is 0 Å². The highest BCUT2D eigenvalue weighted by atomic mass is 31.2. The number of carbonyl (C=O) groups is 2. The number of rotatable bonds is 35. The number of hydrogen-bond donors (Lipinski definition) is 1. The van der Waals surface area contributed by atoms with Gasteiger partial charge in [0.1, 0.15) is 19.8 Å². The van der Waals surface area contributed by atoms with E-state index in [0.717, 1.165) is 64.2 Å². The van der Waals surface area contributed by atoms with Crippen molar-refractivity contribution >= 4 is 19.8 Å². The molecular formula is C42H75NO8P+. The Morgan fingerprint density at radius 2 is 1.10 bits per heavy atom. The van der Waals surface area contributed by atoms with Crippen LogP contribution in [0.1, 0.15) is 142 Å². The maximum Gasteiger partial charge on any atom is 0.472 e. The molecule has 10 heteroatoms. The average molecular weight is 753 g/mol. The minimum atomic E-state index is -4.38. The van der Waals surface area contributed by atoms with Gasteiger partial charge in [0.05, 0.1) is 27.7 Å². The first-order chi connectivity index (χ1) is 25.0. The van der Waals surface area contributed by atoms with E-state index >= 15 is 0 Å². The molecule has 1 N–H and O–H groups in total. The van der Waals surface area contributed by atoms with Gasteiger partial charge in [-0.05, 0) is 77.0 Å². The first-order valence-electron chi connectivity index (χ1n) is 20.0. The predicted octanol–water partition coefficient (Wildman–Crippen LogP) is 10.9. The third-order valence-electron chi connectivity index (χ3n) is 8.03. The summed E-state index contributed by atoms with van der Waals surface area (Å²) in [5.41, 5.74) is 0. The van der Waals surface area contributed by atoms with E-state index in [0.29, 0.717) is 23.9 Å². The number of hydrogen-bond acceptors (Lipinski definition) is 7. The number of unbranched alkanes of at least 4 members (excludes halogenated alkanes) is 11. The van der Waals surface area contributed by atoms with Crippen LogP contribution in [0, 0.1) is 0 Å². The van der Waals surface area contributed by atoms with Crippen LogP contribution in [0.5, 0.6) is 0 Å². The molecule has 0 fully saturated rings. The van der Waals surface area contributed by atoms with E-state index in [1.165, 1.54) is 38.5 Å². The number of phosphoric ester groups is 1. The minimum absolute atomic E-state index is 0.0197. The van der Waals surface area contributed by atoms with Gasteiger partial charge in [-0.2, -0.15) is 0 Å². The lowest BCUT2D eigenvalue weighted by atomic mass is 10.1. The Morgan fingerprint density at radius 3 is 1.69 bits per heavy atom. The summed E-state index contributed by atoms with van der Waals surface area (Å²) in [6.07, 6.45) is 39.9. The molecule has 0 aliphatic carbocycles. The molecule has 0 spiro atoms. The van der Waals surface area contributed by atoms with Gasteiger partial charge in [0.2, 0.25) is 0 Å². The van der Waals surface area contributed by atoms with Gasteiger partial charge in [-0.25, -0.2) is 4.57 Å². The normalized spacial score (nSPS) is 14.3. The van der Waals surface area contributed by atoms with Crippen LogP contribution in [0.2, 0.25) is 0 Å². The van der Waals surface area contributed by atoms with E-state index < -0.39 is 32.5 Å². The third kappa shape index (κ3) is 37.5. The Labute approximate surface area is 317 Å². The van der Waals surface area contributed by atoms with Gasteiger partial charge in [0.15, 0.2) is 6.10 Å². The summed E-state index contributed by atoms with van der Waals surface area (Å²) in [6.45, 7) is 4.20. The number of carbonyl (C=O) groups excluding carboxylic acids is 2. The molecule has 0 aliphatic heterocycles. The van der Waals surface area contributed by atoms with Crippen LogP contribution < -0.4 is 0 Å². The van der Waals surface area contributed by atoms with Gasteiger partial charge >= 0.3 is 19.8 Å². The molecule has 0 radical (unpaired) electrons. The lowest BCUT2D eigenvalue weighted by Gasteiger charge is -2.24. The van der Waals surface area contributed by atoms with E-state index in [-0.39, 0.29) is 26.1 Å². The van der Waals surface area contributed by atoms with E-state index in [9.17, 15) is 19.0 Å². The number of esters is 2. The van der Waals surface area contributed by atoms with Gasteiger partial charge < -0.3 is 18.9 Å². The lowest BCUT2D eigenvalue weighted by molar-refractivity contribution is -0.870. The summed E-state index contributed by atoms with van der Waals surface area (Å²) in [6, 6.07) is 0. The Morgan fingerprint density at radius 1 is 0.615 bits per heavy atom. The Bertz CT molecular complexity index is 1080. The fourth-order valence-electron chi connectivity index (χ4n) is 4.88. The molecule has 52 heavy (non-hydrogen) atoms. The molecule has 300 valence electrons. The summed E-state index contributed by atoms with van der Waals surface area (Å²) in [5, 5.41) is 0. The fourth-order valence-corrected chi connectivity index (χ4v) is 5.62. The van der Waals surface area contributed by atoms with Gasteiger partial charge in [-0.15, -0.1) is 0 Å². The van der Waals surface area contributed by atoms with Crippen molar-refractivity contribution in [3.8, 4) is 0 Å². The van der Waals surface area contributed by atoms with Gasteiger partial charge in [0, 0.05) is 12.8 Å². The quantitative estimate of drug-likeness (QED) is 0.0224. The molecule has 0 rings (SSSR count). The van der Waals surface area contributed by atoms with Crippen molar-refractivity contribution in [3.05, 3.63) is 60.8 Å². The second-order valence-corrected chi connectivity index (χ2v) is 15.7. The standard InChI is InChI=1S/C42H74NO8P/c1-6-8-10-12-14-16-18-20-21-23-24-26-28-30-32-34-41(44)48-38-40(39-50-52(46,47)49-37-36-43(3,4)5)51-42(45)35-33-31-29-27-25-22-19-17-15-13-11-9-7-2/h8,10,14,16,20-22,24-26,40H,6-7,9,11-13,15,17-19,23,27-39H2,1-5H3/p+1/b10-8+,16-14+,21-20+,25-22+,26-24+/t40-/m1/s1. The smallest absolute Gasteiger partial charge is 0.462 e. The number of allylic oxidation sites excluding steroid dienone is 10. The average Bonchev–Trinajstić information content (AvgIpc) is 3.09. The summed E-state index contributed by atoms with van der Waals surface area (Å²) in [7, 11) is 1.43. The maximum absolute atomic E-state index is 12.6. The highest BCUT2D eigenvalue weighted by molar-refractivity contribution is 7.47. The minimum Gasteiger partial charge on any atom is -0.462 e.